The third kappa shape index (κ3) is 3.18. The Bertz CT molecular complexity index is 1070. The van der Waals surface area contributed by atoms with Crippen LogP contribution in [0, 0.1) is 6.92 Å². The number of aryl methyl sites for hydroxylation is 1. The summed E-state index contributed by atoms with van der Waals surface area (Å²) in [5, 5.41) is 2.59. The maximum Gasteiger partial charge on any atom is 0.195 e. The van der Waals surface area contributed by atoms with E-state index in [1.54, 1.807) is 17.4 Å². The van der Waals surface area contributed by atoms with E-state index < -0.39 is 0 Å². The molecule has 0 aliphatic carbocycles. The Hall–Kier alpha value is -2.21. The van der Waals surface area contributed by atoms with Crippen LogP contribution in [0.1, 0.15) is 20.2 Å². The highest BCUT2D eigenvalue weighted by molar-refractivity contribution is 7.17. The van der Waals surface area contributed by atoms with E-state index in [-0.39, 0.29) is 5.78 Å². The van der Waals surface area contributed by atoms with Gasteiger partial charge in [-0.05, 0) is 42.7 Å². The van der Waals surface area contributed by atoms with Crippen LogP contribution >= 0.6 is 34.3 Å². The molecule has 6 heteroatoms. The van der Waals surface area contributed by atoms with Crippen molar-refractivity contribution in [2.24, 2.45) is 0 Å². The number of benzene rings is 1. The number of imidazole rings is 1. The van der Waals surface area contributed by atoms with Crippen molar-refractivity contribution in [1.29, 1.82) is 0 Å². The minimum absolute atomic E-state index is 0.000965. The van der Waals surface area contributed by atoms with Crippen molar-refractivity contribution >= 4 is 51.1 Å². The first-order valence-electron chi connectivity index (χ1n) is 7.62. The van der Waals surface area contributed by atoms with Crippen molar-refractivity contribution in [1.82, 2.24) is 9.38 Å². The molecule has 0 saturated carbocycles. The summed E-state index contributed by atoms with van der Waals surface area (Å²) in [4.78, 5) is 19.9. The zero-order valence-electron chi connectivity index (χ0n) is 13.3. The highest BCUT2D eigenvalue weighted by Crippen LogP contribution is 2.30. The molecule has 0 spiro atoms. The molecule has 0 aliphatic rings. The lowest BCUT2D eigenvalue weighted by Gasteiger charge is -2.00. The van der Waals surface area contributed by atoms with Crippen molar-refractivity contribution < 1.29 is 4.79 Å². The van der Waals surface area contributed by atoms with Gasteiger partial charge in [-0.3, -0.25) is 9.20 Å². The molecule has 25 heavy (non-hydrogen) atoms. The van der Waals surface area contributed by atoms with Gasteiger partial charge in [-0.25, -0.2) is 4.98 Å². The van der Waals surface area contributed by atoms with Crippen LogP contribution in [0.3, 0.4) is 0 Å². The van der Waals surface area contributed by atoms with Gasteiger partial charge in [-0.1, -0.05) is 29.8 Å². The zero-order chi connectivity index (χ0) is 17.4. The van der Waals surface area contributed by atoms with Crippen LogP contribution in [0.15, 0.2) is 54.1 Å². The van der Waals surface area contributed by atoms with E-state index in [0.29, 0.717) is 5.02 Å². The third-order valence-corrected chi connectivity index (χ3v) is 5.79. The Kier molecular flexibility index (Phi) is 4.29. The maximum atomic E-state index is 12.3. The average Bonchev–Trinajstić information content (AvgIpc) is 3.30. The Morgan fingerprint density at radius 1 is 1.24 bits per heavy atom. The monoisotopic (exact) mass is 384 g/mol. The number of aromatic nitrogens is 2. The number of hydrogen-bond donors (Lipinski definition) is 0. The summed E-state index contributed by atoms with van der Waals surface area (Å²) in [7, 11) is 0. The van der Waals surface area contributed by atoms with Crippen LogP contribution in [-0.4, -0.2) is 15.2 Å². The molecular formula is C19H13ClN2OS2. The second kappa shape index (κ2) is 6.59. The van der Waals surface area contributed by atoms with Gasteiger partial charge in [-0.2, -0.15) is 0 Å². The molecular weight excluding hydrogens is 372 g/mol. The molecule has 0 saturated heterocycles. The van der Waals surface area contributed by atoms with E-state index in [1.165, 1.54) is 16.2 Å². The summed E-state index contributed by atoms with van der Waals surface area (Å²) >= 11 is 9.06. The Morgan fingerprint density at radius 3 is 2.76 bits per heavy atom. The van der Waals surface area contributed by atoms with Gasteiger partial charge in [-0.15, -0.1) is 22.7 Å². The quantitative estimate of drug-likeness (QED) is 0.320. The molecule has 0 fully saturated rings. The smallest absolute Gasteiger partial charge is 0.195 e. The number of ketones is 1. The summed E-state index contributed by atoms with van der Waals surface area (Å²) in [6, 6.07) is 11.3. The van der Waals surface area contributed by atoms with E-state index >= 15 is 0 Å². The molecule has 124 valence electrons. The largest absolute Gasteiger partial charge is 0.290 e. The van der Waals surface area contributed by atoms with Gasteiger partial charge in [0.05, 0.1) is 16.3 Å². The lowest BCUT2D eigenvalue weighted by atomic mass is 10.1. The normalized spacial score (nSPS) is 11.6. The van der Waals surface area contributed by atoms with Gasteiger partial charge in [0, 0.05) is 21.7 Å². The number of nitrogens with zero attached hydrogens (tertiary/aromatic N) is 2. The number of thiazole rings is 1. The van der Waals surface area contributed by atoms with Crippen LogP contribution in [0.4, 0.5) is 0 Å². The van der Waals surface area contributed by atoms with Gasteiger partial charge < -0.3 is 0 Å². The molecule has 0 N–H and O–H groups in total. The van der Waals surface area contributed by atoms with E-state index in [4.69, 9.17) is 16.6 Å². The van der Waals surface area contributed by atoms with Crippen LogP contribution < -0.4 is 0 Å². The van der Waals surface area contributed by atoms with Crippen molar-refractivity contribution in [2.75, 3.05) is 0 Å². The second-order valence-corrected chi connectivity index (χ2v) is 8.12. The minimum atomic E-state index is -0.000965. The predicted octanol–water partition coefficient (Wildman–Crippen LogP) is 5.98. The van der Waals surface area contributed by atoms with Crippen molar-refractivity contribution in [3.63, 3.8) is 0 Å². The maximum absolute atomic E-state index is 12.3. The SMILES string of the molecule is Cc1cn2c(/C=C/C(=O)c3cccs3)c(-c3ccc(Cl)cc3)nc2s1. The number of thiophene rings is 1. The topological polar surface area (TPSA) is 34.4 Å². The molecule has 0 radical (unpaired) electrons. The first-order chi connectivity index (χ1) is 12.1. The number of fused-ring (bicyclic) bond motifs is 1. The molecule has 0 aliphatic heterocycles. The number of rotatable bonds is 4. The average molecular weight is 385 g/mol. The van der Waals surface area contributed by atoms with Crippen molar-refractivity contribution in [3.8, 4) is 11.3 Å². The minimum Gasteiger partial charge on any atom is -0.290 e. The number of allylic oxidation sites excluding steroid dienone is 1. The predicted molar refractivity (Wildman–Crippen MR) is 106 cm³/mol. The van der Waals surface area contributed by atoms with Crippen LogP contribution in [-0.2, 0) is 0 Å². The van der Waals surface area contributed by atoms with E-state index in [2.05, 4.69) is 0 Å². The second-order valence-electron chi connectivity index (χ2n) is 5.52. The molecule has 1 aromatic carbocycles. The van der Waals surface area contributed by atoms with Gasteiger partial charge in [0.1, 0.15) is 0 Å². The third-order valence-electron chi connectivity index (χ3n) is 3.75. The summed E-state index contributed by atoms with van der Waals surface area (Å²) in [6.07, 6.45) is 5.50. The number of carbonyl (C=O) groups excluding carboxylic acids is 1. The summed E-state index contributed by atoms with van der Waals surface area (Å²) in [6.45, 7) is 2.05. The van der Waals surface area contributed by atoms with Gasteiger partial charge in [0.2, 0.25) is 0 Å². The van der Waals surface area contributed by atoms with E-state index in [0.717, 1.165) is 26.8 Å². The number of hydrogen-bond acceptors (Lipinski definition) is 4. The lowest BCUT2D eigenvalue weighted by Crippen LogP contribution is -1.91. The molecule has 0 bridgehead atoms. The fraction of sp³-hybridized carbons (Fsp3) is 0.0526. The highest BCUT2D eigenvalue weighted by atomic mass is 35.5. The standard InChI is InChI=1S/C19H13ClN2OS2/c1-12-11-22-15(8-9-16(23)17-3-2-10-24-17)18(21-19(22)25-12)13-4-6-14(20)7-5-13/h2-11H,1H3/b9-8+. The lowest BCUT2D eigenvalue weighted by molar-refractivity contribution is 0.105. The van der Waals surface area contributed by atoms with E-state index in [1.807, 2.05) is 65.4 Å². The Labute approximate surface area is 157 Å². The number of halogens is 1. The van der Waals surface area contributed by atoms with E-state index in [9.17, 15) is 4.79 Å². The summed E-state index contributed by atoms with van der Waals surface area (Å²) in [5.41, 5.74) is 2.71. The molecule has 4 rings (SSSR count). The number of carbonyl (C=O) groups is 1. The fourth-order valence-electron chi connectivity index (χ4n) is 2.61. The molecule has 0 unspecified atom stereocenters. The van der Waals surface area contributed by atoms with Gasteiger partial charge in [0.15, 0.2) is 10.7 Å². The van der Waals surface area contributed by atoms with Gasteiger partial charge >= 0.3 is 0 Å². The fourth-order valence-corrected chi connectivity index (χ4v) is 4.21. The van der Waals surface area contributed by atoms with Crippen molar-refractivity contribution in [2.45, 2.75) is 6.92 Å². The Balaban J connectivity index is 1.81. The van der Waals surface area contributed by atoms with Gasteiger partial charge in [0.25, 0.3) is 0 Å². The van der Waals surface area contributed by atoms with Crippen LogP contribution in [0.5, 0.6) is 0 Å². The molecule has 4 aromatic rings. The molecule has 0 amide bonds. The molecule has 0 atom stereocenters. The van der Waals surface area contributed by atoms with Crippen LogP contribution in [0.2, 0.25) is 5.02 Å². The van der Waals surface area contributed by atoms with Crippen LogP contribution in [0.25, 0.3) is 22.3 Å². The molecule has 3 nitrogen and oxygen atoms in total. The van der Waals surface area contributed by atoms with Crippen molar-refractivity contribution in [3.05, 3.63) is 74.5 Å². The first-order valence-corrected chi connectivity index (χ1v) is 9.69. The molecule has 3 heterocycles. The summed E-state index contributed by atoms with van der Waals surface area (Å²) < 4.78 is 2.03. The first kappa shape index (κ1) is 16.3. The Morgan fingerprint density at radius 2 is 2.04 bits per heavy atom. The highest BCUT2D eigenvalue weighted by Gasteiger charge is 2.14. The molecule has 3 aromatic heterocycles. The summed E-state index contributed by atoms with van der Waals surface area (Å²) in [5.74, 6) is -0.000965. The zero-order valence-corrected chi connectivity index (χ0v) is 15.7.